The minimum absolute atomic E-state index is 0.0722. The van der Waals surface area contributed by atoms with Crippen molar-refractivity contribution in [1.29, 1.82) is 0 Å². The molecular weight excluding hydrogens is 452 g/mol. The lowest BCUT2D eigenvalue weighted by atomic mass is 9.97. The fourth-order valence-electron chi connectivity index (χ4n) is 4.94. The minimum atomic E-state index is -3.21. The number of hydrogen-bond donors (Lipinski definition) is 1. The first-order valence-electron chi connectivity index (χ1n) is 12.1. The zero-order valence-corrected chi connectivity index (χ0v) is 20.7. The Morgan fingerprint density at radius 3 is 2.58 bits per heavy atom. The third-order valence-corrected chi connectivity index (χ3v) is 9.39. The summed E-state index contributed by atoms with van der Waals surface area (Å²) in [6, 6.07) is 9.39. The van der Waals surface area contributed by atoms with E-state index in [1.807, 2.05) is 30.3 Å². The maximum absolute atomic E-state index is 12.7. The number of anilines is 1. The quantitative estimate of drug-likeness (QED) is 0.504. The SMILES string of the molecule is O=S(=O)(CCNc1nc(CN2CCCCC2)nc2sc3c(c12)CCCC3)Cc1ccccc1. The van der Waals surface area contributed by atoms with Gasteiger partial charge in [-0.2, -0.15) is 0 Å². The summed E-state index contributed by atoms with van der Waals surface area (Å²) in [5.41, 5.74) is 2.21. The number of aromatic nitrogens is 2. The highest BCUT2D eigenvalue weighted by atomic mass is 32.2. The van der Waals surface area contributed by atoms with Crippen molar-refractivity contribution in [3.63, 3.8) is 0 Å². The molecule has 1 aromatic carbocycles. The van der Waals surface area contributed by atoms with Gasteiger partial charge in [0.15, 0.2) is 9.84 Å². The molecule has 0 atom stereocenters. The minimum Gasteiger partial charge on any atom is -0.368 e. The van der Waals surface area contributed by atoms with Gasteiger partial charge in [0.05, 0.1) is 23.4 Å². The smallest absolute Gasteiger partial charge is 0.156 e. The van der Waals surface area contributed by atoms with Gasteiger partial charge >= 0.3 is 0 Å². The Morgan fingerprint density at radius 2 is 1.76 bits per heavy atom. The summed E-state index contributed by atoms with van der Waals surface area (Å²) in [4.78, 5) is 14.8. The molecule has 0 bridgehead atoms. The van der Waals surface area contributed by atoms with E-state index >= 15 is 0 Å². The topological polar surface area (TPSA) is 75.2 Å². The second kappa shape index (κ2) is 10.1. The normalized spacial score (nSPS) is 17.2. The third kappa shape index (κ3) is 5.55. The van der Waals surface area contributed by atoms with Crippen LogP contribution in [0.1, 0.15) is 53.9 Å². The number of sulfone groups is 1. The van der Waals surface area contributed by atoms with Gasteiger partial charge in [-0.1, -0.05) is 36.8 Å². The van der Waals surface area contributed by atoms with Crippen LogP contribution in [0.3, 0.4) is 0 Å². The fraction of sp³-hybridized carbons (Fsp3) is 0.520. The standard InChI is InChI=1S/C25H32N4O2S2/c30-33(31,18-19-9-3-1-4-10-19)16-13-26-24-23-20-11-5-6-12-21(20)32-25(23)28-22(27-24)17-29-14-7-2-8-15-29/h1,3-4,9-10H,2,5-8,11-18H2,(H,26,27,28). The number of thiophene rings is 1. The van der Waals surface area contributed by atoms with Crippen molar-refractivity contribution in [2.75, 3.05) is 30.7 Å². The molecule has 1 aliphatic heterocycles. The molecule has 1 fully saturated rings. The largest absolute Gasteiger partial charge is 0.368 e. The highest BCUT2D eigenvalue weighted by molar-refractivity contribution is 7.90. The van der Waals surface area contributed by atoms with E-state index in [4.69, 9.17) is 9.97 Å². The van der Waals surface area contributed by atoms with Crippen LogP contribution in [0.4, 0.5) is 5.82 Å². The van der Waals surface area contributed by atoms with Crippen molar-refractivity contribution in [2.45, 2.75) is 57.2 Å². The molecule has 6 nitrogen and oxygen atoms in total. The third-order valence-electron chi connectivity index (χ3n) is 6.61. The molecule has 1 aliphatic carbocycles. The zero-order valence-electron chi connectivity index (χ0n) is 19.1. The van der Waals surface area contributed by atoms with Gasteiger partial charge in [0, 0.05) is 11.4 Å². The summed E-state index contributed by atoms with van der Waals surface area (Å²) in [7, 11) is -3.21. The maximum atomic E-state index is 12.7. The summed E-state index contributed by atoms with van der Waals surface area (Å²) in [6.45, 7) is 3.32. The number of likely N-dealkylation sites (tertiary alicyclic amines) is 1. The van der Waals surface area contributed by atoms with Crippen LogP contribution in [-0.2, 0) is 35.0 Å². The van der Waals surface area contributed by atoms with E-state index < -0.39 is 9.84 Å². The monoisotopic (exact) mass is 484 g/mol. The molecule has 2 aromatic heterocycles. The van der Waals surface area contributed by atoms with E-state index in [9.17, 15) is 8.42 Å². The number of benzene rings is 1. The molecule has 0 unspecified atom stereocenters. The zero-order chi connectivity index (χ0) is 22.7. The predicted octanol–water partition coefficient (Wildman–Crippen LogP) is 4.58. The fourth-order valence-corrected chi connectivity index (χ4v) is 7.48. The summed E-state index contributed by atoms with van der Waals surface area (Å²) in [6.07, 6.45) is 8.37. The molecule has 3 aromatic rings. The Morgan fingerprint density at radius 1 is 0.970 bits per heavy atom. The van der Waals surface area contributed by atoms with Gasteiger partial charge in [-0.3, -0.25) is 4.90 Å². The van der Waals surface area contributed by atoms with Gasteiger partial charge in [-0.05, 0) is 62.7 Å². The Labute approximate surface area is 200 Å². The number of nitrogens with one attached hydrogen (secondary N) is 1. The van der Waals surface area contributed by atoms with E-state index in [0.29, 0.717) is 6.54 Å². The van der Waals surface area contributed by atoms with Gasteiger partial charge < -0.3 is 5.32 Å². The van der Waals surface area contributed by atoms with Crippen LogP contribution in [0, 0.1) is 0 Å². The lowest BCUT2D eigenvalue weighted by Gasteiger charge is -2.25. The first kappa shape index (κ1) is 22.7. The van der Waals surface area contributed by atoms with Gasteiger partial charge in [-0.15, -0.1) is 11.3 Å². The molecule has 2 aliphatic rings. The number of hydrogen-bond acceptors (Lipinski definition) is 7. The molecule has 0 spiro atoms. The van der Waals surface area contributed by atoms with Gasteiger partial charge in [0.1, 0.15) is 16.5 Å². The molecule has 0 saturated carbocycles. The van der Waals surface area contributed by atoms with Crippen LogP contribution in [0.15, 0.2) is 30.3 Å². The maximum Gasteiger partial charge on any atom is 0.156 e. The molecule has 3 heterocycles. The van der Waals surface area contributed by atoms with Crippen LogP contribution in [0.5, 0.6) is 0 Å². The highest BCUT2D eigenvalue weighted by Gasteiger charge is 2.22. The van der Waals surface area contributed by atoms with E-state index in [1.54, 1.807) is 11.3 Å². The lowest BCUT2D eigenvalue weighted by molar-refractivity contribution is 0.216. The van der Waals surface area contributed by atoms with Crippen LogP contribution in [-0.4, -0.2) is 48.7 Å². The Hall–Kier alpha value is -2.03. The predicted molar refractivity (Wildman–Crippen MR) is 136 cm³/mol. The number of nitrogens with zero attached hydrogens (tertiary/aromatic N) is 3. The van der Waals surface area contributed by atoms with Crippen LogP contribution in [0.25, 0.3) is 10.2 Å². The summed E-state index contributed by atoms with van der Waals surface area (Å²) in [5, 5.41) is 4.52. The van der Waals surface area contributed by atoms with Crippen molar-refractivity contribution >= 4 is 37.2 Å². The highest BCUT2D eigenvalue weighted by Crippen LogP contribution is 2.38. The van der Waals surface area contributed by atoms with E-state index in [1.165, 1.54) is 42.5 Å². The molecular formula is C25H32N4O2S2. The van der Waals surface area contributed by atoms with Gasteiger partial charge in [-0.25, -0.2) is 18.4 Å². The van der Waals surface area contributed by atoms with E-state index in [2.05, 4.69) is 10.2 Å². The molecule has 176 valence electrons. The molecule has 0 radical (unpaired) electrons. The summed E-state index contributed by atoms with van der Waals surface area (Å²) in [5.74, 6) is 1.82. The average molecular weight is 485 g/mol. The molecule has 8 heteroatoms. The van der Waals surface area contributed by atoms with E-state index in [-0.39, 0.29) is 11.5 Å². The number of fused-ring (bicyclic) bond motifs is 3. The van der Waals surface area contributed by atoms with Crippen molar-refractivity contribution in [2.24, 2.45) is 0 Å². The van der Waals surface area contributed by atoms with Crippen molar-refractivity contribution in [3.05, 3.63) is 52.2 Å². The number of rotatable bonds is 8. The lowest BCUT2D eigenvalue weighted by Crippen LogP contribution is -2.30. The van der Waals surface area contributed by atoms with Crippen LogP contribution in [0.2, 0.25) is 0 Å². The van der Waals surface area contributed by atoms with Gasteiger partial charge in [0.2, 0.25) is 0 Å². The number of piperidine rings is 1. The van der Waals surface area contributed by atoms with Crippen molar-refractivity contribution in [1.82, 2.24) is 14.9 Å². The molecule has 1 saturated heterocycles. The molecule has 33 heavy (non-hydrogen) atoms. The number of aryl methyl sites for hydroxylation is 2. The van der Waals surface area contributed by atoms with Crippen molar-refractivity contribution < 1.29 is 8.42 Å². The second-order valence-corrected chi connectivity index (χ2v) is 12.5. The average Bonchev–Trinajstić information content (AvgIpc) is 3.18. The molecule has 0 amide bonds. The van der Waals surface area contributed by atoms with Crippen LogP contribution >= 0.6 is 11.3 Å². The Balaban J connectivity index is 1.36. The summed E-state index contributed by atoms with van der Waals surface area (Å²) >= 11 is 1.80. The first-order chi connectivity index (χ1) is 16.1. The second-order valence-electron chi connectivity index (χ2n) is 9.22. The molecule has 1 N–H and O–H groups in total. The Kier molecular flexibility index (Phi) is 6.94. The summed E-state index contributed by atoms with van der Waals surface area (Å²) < 4.78 is 25.4. The van der Waals surface area contributed by atoms with Crippen LogP contribution < -0.4 is 5.32 Å². The van der Waals surface area contributed by atoms with E-state index in [0.717, 1.165) is 59.9 Å². The van der Waals surface area contributed by atoms with Gasteiger partial charge in [0.25, 0.3) is 0 Å². The van der Waals surface area contributed by atoms with Crippen molar-refractivity contribution in [3.8, 4) is 0 Å². The first-order valence-corrected chi connectivity index (χ1v) is 14.7. The Bertz CT molecular complexity index is 1200. The molecule has 5 rings (SSSR count).